The summed E-state index contributed by atoms with van der Waals surface area (Å²) in [7, 11) is 0. The molecule has 2 rings (SSSR count). The Kier molecular flexibility index (Phi) is 3.78. The van der Waals surface area contributed by atoms with Crippen molar-refractivity contribution in [1.82, 2.24) is 4.98 Å². The van der Waals surface area contributed by atoms with Crippen molar-refractivity contribution in [2.75, 3.05) is 0 Å². The molecule has 0 radical (unpaired) electrons. The molecule has 92 valence electrons. The van der Waals surface area contributed by atoms with Gasteiger partial charge < -0.3 is 0 Å². The number of benzene rings is 1. The van der Waals surface area contributed by atoms with Gasteiger partial charge in [-0.1, -0.05) is 30.7 Å². The summed E-state index contributed by atoms with van der Waals surface area (Å²) < 4.78 is 0. The summed E-state index contributed by atoms with van der Waals surface area (Å²) in [6.07, 6.45) is 3.39. The molecule has 1 atom stereocenters. The van der Waals surface area contributed by atoms with Crippen LogP contribution < -0.4 is 0 Å². The topological polar surface area (TPSA) is 30.0 Å². The van der Waals surface area contributed by atoms with Crippen LogP contribution in [0.25, 0.3) is 0 Å². The summed E-state index contributed by atoms with van der Waals surface area (Å²) in [5.74, 6) is -0.116. The molecule has 0 N–H and O–H groups in total. The molecule has 0 fully saturated rings. The summed E-state index contributed by atoms with van der Waals surface area (Å²) in [6.45, 7) is 3.81. The number of pyridine rings is 1. The highest BCUT2D eigenvalue weighted by atomic mass is 35.5. The van der Waals surface area contributed by atoms with E-state index in [9.17, 15) is 4.79 Å². The largest absolute Gasteiger partial charge is 0.294 e. The fourth-order valence-corrected chi connectivity index (χ4v) is 1.98. The number of aromatic nitrogens is 1. The molecule has 1 heterocycles. The Balaban J connectivity index is 2.29. The van der Waals surface area contributed by atoms with Crippen LogP contribution in [0.4, 0.5) is 0 Å². The van der Waals surface area contributed by atoms with Crippen LogP contribution in [0, 0.1) is 6.92 Å². The first-order chi connectivity index (χ1) is 8.59. The van der Waals surface area contributed by atoms with Gasteiger partial charge in [-0.2, -0.15) is 0 Å². The van der Waals surface area contributed by atoms with Crippen LogP contribution in [0.5, 0.6) is 0 Å². The summed E-state index contributed by atoms with van der Waals surface area (Å²) >= 11 is 6.05. The van der Waals surface area contributed by atoms with E-state index in [2.05, 4.69) is 4.98 Å². The van der Waals surface area contributed by atoms with E-state index in [0.29, 0.717) is 10.6 Å². The third-order valence-corrected chi connectivity index (χ3v) is 3.46. The molecular weight excluding hydrogens is 246 g/mol. The number of aryl methyl sites for hydroxylation is 1. The number of ketones is 1. The molecule has 0 aliphatic rings. The minimum absolute atomic E-state index is 0.0723. The van der Waals surface area contributed by atoms with Crippen LogP contribution in [0.1, 0.15) is 34.3 Å². The second-order valence-electron chi connectivity index (χ2n) is 4.33. The van der Waals surface area contributed by atoms with Crippen molar-refractivity contribution in [3.05, 3.63) is 64.4 Å². The van der Waals surface area contributed by atoms with Crippen LogP contribution in [0.15, 0.2) is 42.7 Å². The van der Waals surface area contributed by atoms with E-state index in [4.69, 9.17) is 11.6 Å². The zero-order chi connectivity index (χ0) is 13.1. The molecule has 0 bridgehead atoms. The van der Waals surface area contributed by atoms with Crippen LogP contribution in [0.3, 0.4) is 0 Å². The normalized spacial score (nSPS) is 12.2. The van der Waals surface area contributed by atoms with Gasteiger partial charge in [0, 0.05) is 28.9 Å². The lowest BCUT2D eigenvalue weighted by atomic mass is 9.93. The lowest BCUT2D eigenvalue weighted by Gasteiger charge is -2.11. The van der Waals surface area contributed by atoms with Crippen LogP contribution in [0.2, 0.25) is 5.02 Å². The first-order valence-electron chi connectivity index (χ1n) is 5.80. The van der Waals surface area contributed by atoms with Gasteiger partial charge >= 0.3 is 0 Å². The second-order valence-corrected chi connectivity index (χ2v) is 4.74. The maximum Gasteiger partial charge on any atom is 0.170 e. The van der Waals surface area contributed by atoms with Crippen molar-refractivity contribution in [3.63, 3.8) is 0 Å². The van der Waals surface area contributed by atoms with Gasteiger partial charge in [-0.25, -0.2) is 0 Å². The smallest absolute Gasteiger partial charge is 0.170 e. The van der Waals surface area contributed by atoms with E-state index >= 15 is 0 Å². The molecule has 1 aromatic carbocycles. The Hall–Kier alpha value is -1.67. The summed E-state index contributed by atoms with van der Waals surface area (Å²) in [4.78, 5) is 16.3. The summed E-state index contributed by atoms with van der Waals surface area (Å²) in [6, 6.07) is 9.14. The van der Waals surface area contributed by atoms with Gasteiger partial charge in [-0.15, -0.1) is 0 Å². The molecule has 0 amide bonds. The number of Topliss-reactive ketones (excluding diaryl/α,β-unsaturated/α-hetero) is 1. The first kappa shape index (κ1) is 12.8. The monoisotopic (exact) mass is 259 g/mol. The Morgan fingerprint density at radius 2 is 1.89 bits per heavy atom. The van der Waals surface area contributed by atoms with E-state index in [1.165, 1.54) is 0 Å². The van der Waals surface area contributed by atoms with Crippen molar-refractivity contribution < 1.29 is 4.79 Å². The number of carbonyl (C=O) groups excluding carboxylic acids is 1. The molecule has 2 aromatic rings. The van der Waals surface area contributed by atoms with E-state index in [1.54, 1.807) is 18.5 Å². The summed E-state index contributed by atoms with van der Waals surface area (Å²) in [5.41, 5.74) is 2.59. The molecular formula is C15H14ClNO. The highest BCUT2D eigenvalue weighted by molar-refractivity contribution is 6.31. The molecule has 18 heavy (non-hydrogen) atoms. The van der Waals surface area contributed by atoms with Crippen molar-refractivity contribution in [3.8, 4) is 0 Å². The number of hydrogen-bond acceptors (Lipinski definition) is 2. The molecule has 2 nitrogen and oxygen atoms in total. The zero-order valence-corrected chi connectivity index (χ0v) is 11.1. The predicted molar refractivity (Wildman–Crippen MR) is 73.2 cm³/mol. The van der Waals surface area contributed by atoms with Gasteiger partial charge in [0.1, 0.15) is 0 Å². The minimum Gasteiger partial charge on any atom is -0.294 e. The average Bonchev–Trinajstić information content (AvgIpc) is 2.41. The highest BCUT2D eigenvalue weighted by Crippen LogP contribution is 2.23. The second kappa shape index (κ2) is 5.32. The maximum atomic E-state index is 12.3. The van der Waals surface area contributed by atoms with Crippen molar-refractivity contribution in [1.29, 1.82) is 0 Å². The third-order valence-electron chi connectivity index (χ3n) is 3.06. The quantitative estimate of drug-likeness (QED) is 0.779. The molecule has 0 spiro atoms. The number of hydrogen-bond donors (Lipinski definition) is 0. The average molecular weight is 260 g/mol. The van der Waals surface area contributed by atoms with E-state index in [-0.39, 0.29) is 11.7 Å². The van der Waals surface area contributed by atoms with E-state index in [0.717, 1.165) is 11.1 Å². The van der Waals surface area contributed by atoms with Crippen LogP contribution in [-0.2, 0) is 0 Å². The Labute approximate surface area is 112 Å². The lowest BCUT2D eigenvalue weighted by Crippen LogP contribution is -2.09. The minimum atomic E-state index is -0.188. The Morgan fingerprint density at radius 1 is 1.22 bits per heavy atom. The van der Waals surface area contributed by atoms with Crippen molar-refractivity contribution >= 4 is 17.4 Å². The summed E-state index contributed by atoms with van der Waals surface area (Å²) in [5, 5.41) is 0.628. The van der Waals surface area contributed by atoms with E-state index < -0.39 is 0 Å². The highest BCUT2D eigenvalue weighted by Gasteiger charge is 2.17. The predicted octanol–water partition coefficient (Wildman–Crippen LogP) is 4.03. The molecule has 0 saturated carbocycles. The van der Waals surface area contributed by atoms with Gasteiger partial charge in [0.05, 0.1) is 0 Å². The molecule has 1 unspecified atom stereocenters. The molecule has 0 aliphatic carbocycles. The first-order valence-corrected chi connectivity index (χ1v) is 6.17. The molecule has 0 saturated heterocycles. The van der Waals surface area contributed by atoms with Crippen LogP contribution in [-0.4, -0.2) is 10.8 Å². The lowest BCUT2D eigenvalue weighted by molar-refractivity contribution is 0.0966. The number of halogens is 1. The van der Waals surface area contributed by atoms with E-state index in [1.807, 2.05) is 38.1 Å². The van der Waals surface area contributed by atoms with Crippen molar-refractivity contribution in [2.45, 2.75) is 19.8 Å². The standard InChI is InChI=1S/C15H14ClNO/c1-10-3-4-13(9-14(10)16)15(18)11(2)12-5-7-17-8-6-12/h3-9,11H,1-2H3. The maximum absolute atomic E-state index is 12.3. The van der Waals surface area contributed by atoms with Crippen molar-refractivity contribution in [2.24, 2.45) is 0 Å². The van der Waals surface area contributed by atoms with Gasteiger partial charge in [0.25, 0.3) is 0 Å². The molecule has 1 aromatic heterocycles. The van der Waals surface area contributed by atoms with Gasteiger partial charge in [-0.3, -0.25) is 9.78 Å². The number of nitrogens with zero attached hydrogens (tertiary/aromatic N) is 1. The Morgan fingerprint density at radius 3 is 2.50 bits per heavy atom. The Bertz CT molecular complexity index is 566. The fourth-order valence-electron chi connectivity index (χ4n) is 1.80. The molecule has 3 heteroatoms. The third kappa shape index (κ3) is 2.59. The van der Waals surface area contributed by atoms with Gasteiger partial charge in [0.15, 0.2) is 5.78 Å². The SMILES string of the molecule is Cc1ccc(C(=O)C(C)c2ccncc2)cc1Cl. The fraction of sp³-hybridized carbons (Fsp3) is 0.200. The van der Waals surface area contributed by atoms with Gasteiger partial charge in [-0.05, 0) is 36.2 Å². The number of rotatable bonds is 3. The van der Waals surface area contributed by atoms with Gasteiger partial charge in [0.2, 0.25) is 0 Å². The number of carbonyl (C=O) groups is 1. The van der Waals surface area contributed by atoms with Crippen LogP contribution >= 0.6 is 11.6 Å². The zero-order valence-electron chi connectivity index (χ0n) is 10.4. The molecule has 0 aliphatic heterocycles.